The maximum atomic E-state index is 12.6. The molecule has 33 heavy (non-hydrogen) atoms. The Morgan fingerprint density at radius 1 is 1.21 bits per heavy atom. The lowest BCUT2D eigenvalue weighted by Crippen LogP contribution is -2.38. The standard InChI is InChI=1S/C23H32N4O4S.ClH/c1-6-15(2)19(24)21(30)31-14-27-11-12-32-22(27)26-20(29)16-7-9-17(10-8-16)25-18(28)13-23(3,4)5;/h7-12,15,19H,6,13-14,24H2,1-5H3,(H,25,28);1H/t15-,19-;/m0./s1. The van der Waals surface area contributed by atoms with Gasteiger partial charge in [-0.25, -0.2) is 0 Å². The molecule has 1 aromatic heterocycles. The summed E-state index contributed by atoms with van der Waals surface area (Å²) in [5, 5.41) is 4.58. The third-order valence-electron chi connectivity index (χ3n) is 4.84. The summed E-state index contributed by atoms with van der Waals surface area (Å²) in [6, 6.07) is 5.88. The van der Waals surface area contributed by atoms with Crippen LogP contribution < -0.4 is 15.9 Å². The van der Waals surface area contributed by atoms with Gasteiger partial charge in [0.15, 0.2) is 11.5 Å². The number of halogens is 1. The maximum Gasteiger partial charge on any atom is 0.324 e. The topological polar surface area (TPSA) is 116 Å². The first-order chi connectivity index (χ1) is 15.0. The molecule has 2 amide bonds. The second-order valence-electron chi connectivity index (χ2n) is 8.94. The maximum absolute atomic E-state index is 12.6. The number of hydrogen-bond acceptors (Lipinski definition) is 6. The number of nitrogens with two attached hydrogens (primary N) is 1. The van der Waals surface area contributed by atoms with Crippen LogP contribution in [-0.2, 0) is 21.1 Å². The van der Waals surface area contributed by atoms with Crippen molar-refractivity contribution in [2.75, 3.05) is 5.32 Å². The van der Waals surface area contributed by atoms with Gasteiger partial charge in [0.1, 0.15) is 6.04 Å². The molecule has 0 saturated heterocycles. The van der Waals surface area contributed by atoms with E-state index in [0.717, 1.165) is 6.42 Å². The van der Waals surface area contributed by atoms with Gasteiger partial charge < -0.3 is 15.8 Å². The molecule has 0 unspecified atom stereocenters. The monoisotopic (exact) mass is 496 g/mol. The molecule has 0 aliphatic heterocycles. The van der Waals surface area contributed by atoms with Crippen molar-refractivity contribution >= 4 is 47.2 Å². The van der Waals surface area contributed by atoms with Crippen molar-refractivity contribution in [1.29, 1.82) is 0 Å². The van der Waals surface area contributed by atoms with Crippen molar-refractivity contribution in [1.82, 2.24) is 4.57 Å². The van der Waals surface area contributed by atoms with E-state index in [-0.39, 0.29) is 36.4 Å². The highest BCUT2D eigenvalue weighted by atomic mass is 35.5. The van der Waals surface area contributed by atoms with E-state index in [1.165, 1.54) is 11.3 Å². The zero-order valence-corrected chi connectivity index (χ0v) is 21.3. The minimum atomic E-state index is -0.691. The average Bonchev–Trinajstić information content (AvgIpc) is 3.16. The summed E-state index contributed by atoms with van der Waals surface area (Å²) in [7, 11) is 0. The van der Waals surface area contributed by atoms with E-state index in [0.29, 0.717) is 22.5 Å². The van der Waals surface area contributed by atoms with E-state index >= 15 is 0 Å². The van der Waals surface area contributed by atoms with Gasteiger partial charge in [-0.3, -0.25) is 19.0 Å². The SMILES string of the molecule is CC[C@H](C)[C@H](N)C(=O)OCn1ccsc1=NC(=O)c1ccc(NC(=O)CC(C)(C)C)cc1.Cl. The fourth-order valence-electron chi connectivity index (χ4n) is 2.74. The number of nitrogens with zero attached hydrogens (tertiary/aromatic N) is 2. The van der Waals surface area contributed by atoms with Crippen molar-refractivity contribution in [2.45, 2.75) is 60.2 Å². The molecule has 2 rings (SSSR count). The number of nitrogens with one attached hydrogen (secondary N) is 1. The molecular formula is C23H33ClN4O4S. The van der Waals surface area contributed by atoms with Crippen LogP contribution in [-0.4, -0.2) is 28.4 Å². The third-order valence-corrected chi connectivity index (χ3v) is 5.63. The van der Waals surface area contributed by atoms with Gasteiger partial charge in [0.05, 0.1) is 0 Å². The van der Waals surface area contributed by atoms with E-state index in [1.807, 2.05) is 34.6 Å². The Balaban J connectivity index is 0.00000544. The Morgan fingerprint density at radius 2 is 1.85 bits per heavy atom. The molecule has 0 aliphatic carbocycles. The van der Waals surface area contributed by atoms with Crippen molar-refractivity contribution in [3.05, 3.63) is 46.2 Å². The fraction of sp³-hybridized carbons (Fsp3) is 0.478. The number of carbonyl (C=O) groups is 3. The van der Waals surface area contributed by atoms with Gasteiger partial charge in [-0.2, -0.15) is 4.99 Å². The van der Waals surface area contributed by atoms with Gasteiger partial charge in [-0.1, -0.05) is 41.0 Å². The van der Waals surface area contributed by atoms with Gasteiger partial charge in [-0.15, -0.1) is 23.7 Å². The summed E-state index contributed by atoms with van der Waals surface area (Å²) in [5.41, 5.74) is 6.79. The zero-order chi connectivity index (χ0) is 23.9. The Bertz CT molecular complexity index is 1010. The zero-order valence-electron chi connectivity index (χ0n) is 19.7. The first kappa shape index (κ1) is 28.5. The number of ether oxygens (including phenoxy) is 1. The largest absolute Gasteiger partial charge is 0.443 e. The smallest absolute Gasteiger partial charge is 0.324 e. The lowest BCUT2D eigenvalue weighted by atomic mass is 9.92. The molecule has 10 heteroatoms. The van der Waals surface area contributed by atoms with E-state index in [9.17, 15) is 14.4 Å². The fourth-order valence-corrected chi connectivity index (χ4v) is 3.45. The molecule has 0 bridgehead atoms. The quantitative estimate of drug-likeness (QED) is 0.536. The van der Waals surface area contributed by atoms with Gasteiger partial charge in [-0.05, 0) is 35.6 Å². The van der Waals surface area contributed by atoms with Crippen molar-refractivity contribution in [3.63, 3.8) is 0 Å². The number of thiazole rings is 1. The van der Waals surface area contributed by atoms with E-state index in [2.05, 4.69) is 10.3 Å². The minimum absolute atomic E-state index is 0. The van der Waals surface area contributed by atoms with Crippen LogP contribution in [0.2, 0.25) is 0 Å². The van der Waals surface area contributed by atoms with Crippen LogP contribution in [0.5, 0.6) is 0 Å². The number of amides is 2. The summed E-state index contributed by atoms with van der Waals surface area (Å²) in [4.78, 5) is 41.3. The molecule has 3 N–H and O–H groups in total. The summed E-state index contributed by atoms with van der Waals surface area (Å²) >= 11 is 1.26. The number of carbonyl (C=O) groups excluding carboxylic acids is 3. The normalized spacial score (nSPS) is 13.6. The molecule has 1 heterocycles. The molecule has 1 aromatic carbocycles. The van der Waals surface area contributed by atoms with Crippen molar-refractivity contribution < 1.29 is 19.1 Å². The molecule has 8 nitrogen and oxygen atoms in total. The van der Waals surface area contributed by atoms with Crippen LogP contribution in [0.1, 0.15) is 57.8 Å². The second kappa shape index (κ2) is 12.7. The molecule has 2 aromatic rings. The van der Waals surface area contributed by atoms with Gasteiger partial charge >= 0.3 is 5.97 Å². The first-order valence-electron chi connectivity index (χ1n) is 10.6. The second-order valence-corrected chi connectivity index (χ2v) is 9.81. The molecular weight excluding hydrogens is 464 g/mol. The molecule has 2 atom stereocenters. The van der Waals surface area contributed by atoms with Crippen molar-refractivity contribution in [3.8, 4) is 0 Å². The van der Waals surface area contributed by atoms with Crippen LogP contribution in [0.4, 0.5) is 5.69 Å². The predicted molar refractivity (Wildman–Crippen MR) is 132 cm³/mol. The summed E-state index contributed by atoms with van der Waals surface area (Å²) in [6.07, 6.45) is 2.86. The Morgan fingerprint density at radius 3 is 2.42 bits per heavy atom. The van der Waals surface area contributed by atoms with E-state index in [1.54, 1.807) is 40.4 Å². The van der Waals surface area contributed by atoms with Crippen LogP contribution >= 0.6 is 23.7 Å². The number of anilines is 1. The third kappa shape index (κ3) is 9.11. The van der Waals surface area contributed by atoms with Crippen LogP contribution in [0.15, 0.2) is 40.8 Å². The van der Waals surface area contributed by atoms with Gasteiger partial charge in [0.25, 0.3) is 5.91 Å². The van der Waals surface area contributed by atoms with E-state index in [4.69, 9.17) is 10.5 Å². The lowest BCUT2D eigenvalue weighted by molar-refractivity contribution is -0.150. The molecule has 0 fully saturated rings. The first-order valence-corrected chi connectivity index (χ1v) is 11.4. The number of hydrogen-bond donors (Lipinski definition) is 2. The summed E-state index contributed by atoms with van der Waals surface area (Å²) in [5.74, 6) is -0.985. The Hall–Kier alpha value is -2.49. The van der Waals surface area contributed by atoms with Gasteiger partial charge in [0, 0.05) is 29.2 Å². The van der Waals surface area contributed by atoms with Gasteiger partial charge in [0.2, 0.25) is 5.91 Å². The van der Waals surface area contributed by atoms with Crippen LogP contribution in [0.3, 0.4) is 0 Å². The lowest BCUT2D eigenvalue weighted by Gasteiger charge is -2.17. The number of benzene rings is 1. The summed E-state index contributed by atoms with van der Waals surface area (Å²) < 4.78 is 6.85. The molecule has 0 saturated carbocycles. The molecule has 182 valence electrons. The number of aromatic nitrogens is 1. The minimum Gasteiger partial charge on any atom is -0.443 e. The van der Waals surface area contributed by atoms with Crippen LogP contribution in [0.25, 0.3) is 0 Å². The predicted octanol–water partition coefficient (Wildman–Crippen LogP) is 3.96. The summed E-state index contributed by atoms with van der Waals surface area (Å²) in [6.45, 7) is 9.76. The average molecular weight is 497 g/mol. The number of esters is 1. The molecule has 0 spiro atoms. The highest BCUT2D eigenvalue weighted by molar-refractivity contribution is 7.07. The van der Waals surface area contributed by atoms with Crippen LogP contribution in [0, 0.1) is 11.3 Å². The molecule has 0 aliphatic rings. The van der Waals surface area contributed by atoms with Crippen molar-refractivity contribution in [2.24, 2.45) is 22.1 Å². The Labute approximate surface area is 204 Å². The highest BCUT2D eigenvalue weighted by Crippen LogP contribution is 2.20. The van der Waals surface area contributed by atoms with E-state index < -0.39 is 17.9 Å². The highest BCUT2D eigenvalue weighted by Gasteiger charge is 2.21. The number of rotatable bonds is 8. The Kier molecular flexibility index (Phi) is 11.0. The molecule has 0 radical (unpaired) electrons.